The van der Waals surface area contributed by atoms with Crippen LogP contribution in [0, 0.1) is 27.7 Å². The maximum atomic E-state index is 13.7. The van der Waals surface area contributed by atoms with Crippen LogP contribution < -0.4 is 4.90 Å². The Morgan fingerprint density at radius 3 is 2.68 bits per heavy atom. The number of hydrogen-bond donors (Lipinski definition) is 1. The molecule has 1 aliphatic rings. The number of benzene rings is 1. The first-order valence-electron chi connectivity index (χ1n) is 5.48. The van der Waals surface area contributed by atoms with Crippen LogP contribution in [0.3, 0.4) is 0 Å². The van der Waals surface area contributed by atoms with Gasteiger partial charge in [-0.05, 0) is 0 Å². The lowest BCUT2D eigenvalue weighted by atomic mass is 10.1. The Kier molecular flexibility index (Phi) is 3.43. The highest BCUT2D eigenvalue weighted by Crippen LogP contribution is 2.35. The minimum Gasteiger partial charge on any atom is -0.396 e. The molecular weight excluding hydrogens is 262 g/mol. The molecule has 1 N–H and O–H groups in total. The van der Waals surface area contributed by atoms with Crippen molar-refractivity contribution < 1.29 is 23.6 Å². The molecule has 6 nitrogen and oxygen atoms in total. The number of carbonyl (C=O) groups excluding carboxylic acids is 1. The highest BCUT2D eigenvalue weighted by molar-refractivity contribution is 5.98. The van der Waals surface area contributed by atoms with Crippen molar-refractivity contribution in [1.29, 1.82) is 0 Å². The van der Waals surface area contributed by atoms with Crippen molar-refractivity contribution >= 4 is 17.3 Å². The van der Waals surface area contributed by atoms with Gasteiger partial charge in [-0.15, -0.1) is 0 Å². The van der Waals surface area contributed by atoms with Gasteiger partial charge in [-0.3, -0.25) is 14.9 Å². The molecule has 0 bridgehead atoms. The number of nitro benzene ring substituents is 1. The van der Waals surface area contributed by atoms with E-state index in [1.807, 2.05) is 0 Å². The van der Waals surface area contributed by atoms with E-state index in [2.05, 4.69) is 0 Å². The minimum atomic E-state index is -1.17. The average Bonchev–Trinajstić information content (AvgIpc) is 2.69. The van der Waals surface area contributed by atoms with E-state index >= 15 is 0 Å². The number of halogens is 2. The molecule has 8 heteroatoms. The summed E-state index contributed by atoms with van der Waals surface area (Å²) in [5.74, 6) is -3.19. The van der Waals surface area contributed by atoms with E-state index in [4.69, 9.17) is 5.11 Å². The van der Waals surface area contributed by atoms with Crippen molar-refractivity contribution in [2.75, 3.05) is 18.1 Å². The first kappa shape index (κ1) is 13.3. The van der Waals surface area contributed by atoms with Gasteiger partial charge in [0.25, 0.3) is 5.69 Å². The van der Waals surface area contributed by atoms with E-state index in [9.17, 15) is 23.7 Å². The van der Waals surface area contributed by atoms with Crippen molar-refractivity contribution in [1.82, 2.24) is 0 Å². The summed E-state index contributed by atoms with van der Waals surface area (Å²) in [5, 5.41) is 19.8. The molecule has 1 saturated heterocycles. The van der Waals surface area contributed by atoms with Crippen LogP contribution in [0.4, 0.5) is 20.2 Å². The van der Waals surface area contributed by atoms with Gasteiger partial charge in [0.05, 0.1) is 11.0 Å². The van der Waals surface area contributed by atoms with Crippen LogP contribution in [0.2, 0.25) is 0 Å². The zero-order valence-corrected chi connectivity index (χ0v) is 9.68. The number of hydrogen-bond acceptors (Lipinski definition) is 4. The number of nitrogens with zero attached hydrogens (tertiary/aromatic N) is 2. The smallest absolute Gasteiger partial charge is 0.298 e. The Morgan fingerprint density at radius 2 is 2.16 bits per heavy atom. The number of aliphatic hydroxyl groups is 1. The molecule has 1 heterocycles. The summed E-state index contributed by atoms with van der Waals surface area (Å²) in [6, 6.07) is 1.06. The Bertz CT molecular complexity index is 550. The molecule has 102 valence electrons. The third kappa shape index (κ3) is 2.39. The number of carbonyl (C=O) groups is 1. The molecule has 0 radical (unpaired) electrons. The Labute approximate surface area is 106 Å². The molecule has 0 spiro atoms. The highest BCUT2D eigenvalue weighted by atomic mass is 19.1. The fraction of sp³-hybridized carbons (Fsp3) is 0.364. The van der Waals surface area contributed by atoms with E-state index in [0.29, 0.717) is 12.1 Å². The molecule has 1 aliphatic heterocycles. The third-order valence-corrected chi connectivity index (χ3v) is 2.94. The van der Waals surface area contributed by atoms with Crippen LogP contribution in [0.1, 0.15) is 6.42 Å². The summed E-state index contributed by atoms with van der Waals surface area (Å²) in [7, 11) is 0. The second kappa shape index (κ2) is 4.88. The molecule has 1 aromatic rings. The summed E-state index contributed by atoms with van der Waals surface area (Å²) in [4.78, 5) is 22.5. The van der Waals surface area contributed by atoms with Crippen molar-refractivity contribution in [2.45, 2.75) is 6.42 Å². The van der Waals surface area contributed by atoms with Crippen LogP contribution in [-0.2, 0) is 4.79 Å². The maximum Gasteiger partial charge on any atom is 0.298 e. The molecule has 1 amide bonds. The quantitative estimate of drug-likeness (QED) is 0.662. The normalized spacial score (nSPS) is 19.0. The predicted molar refractivity (Wildman–Crippen MR) is 60.6 cm³/mol. The van der Waals surface area contributed by atoms with E-state index in [1.54, 1.807) is 0 Å². The molecule has 1 atom stereocenters. The first-order chi connectivity index (χ1) is 8.93. The molecule has 0 saturated carbocycles. The zero-order valence-electron chi connectivity index (χ0n) is 9.68. The van der Waals surface area contributed by atoms with E-state index < -0.39 is 39.8 Å². The van der Waals surface area contributed by atoms with Crippen LogP contribution in [-0.4, -0.2) is 29.1 Å². The van der Waals surface area contributed by atoms with Gasteiger partial charge in [-0.2, -0.15) is 0 Å². The fourth-order valence-corrected chi connectivity index (χ4v) is 2.08. The molecule has 19 heavy (non-hydrogen) atoms. The topological polar surface area (TPSA) is 83.7 Å². The largest absolute Gasteiger partial charge is 0.396 e. The van der Waals surface area contributed by atoms with Gasteiger partial charge in [0.1, 0.15) is 5.82 Å². The van der Waals surface area contributed by atoms with Crippen LogP contribution in [0.25, 0.3) is 0 Å². The summed E-state index contributed by atoms with van der Waals surface area (Å²) in [6.07, 6.45) is -0.0233. The molecular formula is C11H10F2N2O4. The molecule has 1 fully saturated rings. The summed E-state index contributed by atoms with van der Waals surface area (Å²) >= 11 is 0. The van der Waals surface area contributed by atoms with E-state index in [-0.39, 0.29) is 19.6 Å². The monoisotopic (exact) mass is 272 g/mol. The van der Waals surface area contributed by atoms with E-state index in [0.717, 1.165) is 4.90 Å². The summed E-state index contributed by atoms with van der Waals surface area (Å²) in [6.45, 7) is -0.308. The zero-order chi connectivity index (χ0) is 14.2. The number of amides is 1. The van der Waals surface area contributed by atoms with Gasteiger partial charge in [0.15, 0.2) is 11.5 Å². The molecule has 2 rings (SSSR count). The second-order valence-corrected chi connectivity index (χ2v) is 4.27. The third-order valence-electron chi connectivity index (χ3n) is 2.94. The van der Waals surface area contributed by atoms with Crippen molar-refractivity contribution in [3.63, 3.8) is 0 Å². The van der Waals surface area contributed by atoms with Gasteiger partial charge >= 0.3 is 0 Å². The van der Waals surface area contributed by atoms with Crippen molar-refractivity contribution in [2.24, 2.45) is 5.92 Å². The van der Waals surface area contributed by atoms with Gasteiger partial charge in [-0.25, -0.2) is 8.78 Å². The highest BCUT2D eigenvalue weighted by Gasteiger charge is 2.36. The Morgan fingerprint density at radius 1 is 1.47 bits per heavy atom. The van der Waals surface area contributed by atoms with Crippen LogP contribution in [0.5, 0.6) is 0 Å². The lowest BCUT2D eigenvalue weighted by molar-refractivity contribution is -0.384. The number of aliphatic hydroxyl groups excluding tert-OH is 1. The number of rotatable bonds is 3. The molecule has 1 aromatic carbocycles. The maximum absolute atomic E-state index is 13.7. The van der Waals surface area contributed by atoms with Crippen LogP contribution >= 0.6 is 0 Å². The van der Waals surface area contributed by atoms with Gasteiger partial charge in [0, 0.05) is 31.6 Å². The standard InChI is InChI=1S/C11H10F2N2O4/c12-7-2-8(13)11(9(3-7)15(18)19)14-4-6(5-16)1-10(14)17/h2-3,6,16H,1,4-5H2. The van der Waals surface area contributed by atoms with Crippen molar-refractivity contribution in [3.05, 3.63) is 33.9 Å². The van der Waals surface area contributed by atoms with E-state index in [1.165, 1.54) is 0 Å². The van der Waals surface area contributed by atoms with Gasteiger partial charge < -0.3 is 10.0 Å². The van der Waals surface area contributed by atoms with Gasteiger partial charge in [0.2, 0.25) is 5.91 Å². The first-order valence-corrected chi connectivity index (χ1v) is 5.48. The predicted octanol–water partition coefficient (Wildman–Crippen LogP) is 1.22. The summed E-state index contributed by atoms with van der Waals surface area (Å²) < 4.78 is 26.7. The minimum absolute atomic E-state index is 0.0233. The average molecular weight is 272 g/mol. The fourth-order valence-electron chi connectivity index (χ4n) is 2.08. The van der Waals surface area contributed by atoms with Gasteiger partial charge in [-0.1, -0.05) is 0 Å². The van der Waals surface area contributed by atoms with Crippen molar-refractivity contribution in [3.8, 4) is 0 Å². The number of anilines is 1. The Balaban J connectivity index is 2.50. The number of nitro groups is 1. The molecule has 0 aliphatic carbocycles. The van der Waals surface area contributed by atoms with Crippen LogP contribution in [0.15, 0.2) is 12.1 Å². The second-order valence-electron chi connectivity index (χ2n) is 4.27. The Hall–Kier alpha value is -2.09. The molecule has 1 unspecified atom stereocenters. The molecule has 0 aromatic heterocycles. The summed E-state index contributed by atoms with van der Waals surface area (Å²) in [5.41, 5.74) is -1.35. The lowest BCUT2D eigenvalue weighted by Gasteiger charge is -2.17. The SMILES string of the molecule is O=C1CC(CO)CN1c1c(F)cc(F)cc1[N+](=O)[O-]. The lowest BCUT2D eigenvalue weighted by Crippen LogP contribution is -2.27.